The molecule has 140 valence electrons. The van der Waals surface area contributed by atoms with Crippen LogP contribution in [0.1, 0.15) is 72.1 Å². The van der Waals surface area contributed by atoms with Crippen LogP contribution < -0.4 is 0 Å². The highest BCUT2D eigenvalue weighted by molar-refractivity contribution is 9.10. The van der Waals surface area contributed by atoms with Gasteiger partial charge in [-0.3, -0.25) is 9.59 Å². The van der Waals surface area contributed by atoms with Gasteiger partial charge in [0.05, 0.1) is 4.83 Å². The Morgan fingerprint density at radius 3 is 2.40 bits per heavy atom. The third kappa shape index (κ3) is 2.56. The van der Waals surface area contributed by atoms with Crippen molar-refractivity contribution >= 4 is 27.7 Å². The Bertz CT molecular complexity index is 590. The highest BCUT2D eigenvalue weighted by atomic mass is 79.9. The van der Waals surface area contributed by atoms with Crippen LogP contribution in [0.3, 0.4) is 0 Å². The molecule has 4 rings (SSSR count). The molecule has 4 saturated carbocycles. The quantitative estimate of drug-likeness (QED) is 0.455. The molecular weight excluding hydrogens is 380 g/mol. The van der Waals surface area contributed by atoms with E-state index in [1.54, 1.807) is 6.92 Å². The lowest BCUT2D eigenvalue weighted by molar-refractivity contribution is -0.161. The Balaban J connectivity index is 1.60. The van der Waals surface area contributed by atoms with Gasteiger partial charge in [-0.05, 0) is 74.0 Å². The van der Waals surface area contributed by atoms with E-state index in [-0.39, 0.29) is 22.3 Å². The zero-order valence-corrected chi connectivity index (χ0v) is 17.3. The number of hydrogen-bond acceptors (Lipinski definition) is 3. The fourth-order valence-electron chi connectivity index (χ4n) is 7.44. The van der Waals surface area contributed by atoms with Gasteiger partial charge in [0.2, 0.25) is 0 Å². The van der Waals surface area contributed by atoms with Crippen LogP contribution >= 0.6 is 15.9 Å². The van der Waals surface area contributed by atoms with Gasteiger partial charge in [0.25, 0.3) is 0 Å². The van der Waals surface area contributed by atoms with Gasteiger partial charge in [0, 0.05) is 18.8 Å². The van der Waals surface area contributed by atoms with Crippen LogP contribution in [0, 0.1) is 34.5 Å². The highest BCUT2D eigenvalue weighted by Crippen LogP contribution is 2.66. The third-order valence-electron chi connectivity index (χ3n) is 8.73. The summed E-state index contributed by atoms with van der Waals surface area (Å²) in [6, 6.07) is 0. The Morgan fingerprint density at radius 1 is 1.00 bits per heavy atom. The van der Waals surface area contributed by atoms with Crippen molar-refractivity contribution < 1.29 is 14.3 Å². The van der Waals surface area contributed by atoms with E-state index in [4.69, 9.17) is 4.74 Å². The molecule has 0 N–H and O–H groups in total. The lowest BCUT2D eigenvalue weighted by Gasteiger charge is -2.60. The van der Waals surface area contributed by atoms with Gasteiger partial charge in [0.1, 0.15) is 11.9 Å². The molecule has 3 nitrogen and oxygen atoms in total. The number of halogens is 1. The van der Waals surface area contributed by atoms with Crippen molar-refractivity contribution in [1.29, 1.82) is 0 Å². The van der Waals surface area contributed by atoms with Crippen molar-refractivity contribution in [3.05, 3.63) is 0 Å². The first-order chi connectivity index (χ1) is 11.8. The lowest BCUT2D eigenvalue weighted by Crippen LogP contribution is -2.56. The van der Waals surface area contributed by atoms with E-state index in [0.717, 1.165) is 31.1 Å². The van der Waals surface area contributed by atoms with Crippen LogP contribution in [0.4, 0.5) is 0 Å². The second-order valence-electron chi connectivity index (χ2n) is 9.65. The smallest absolute Gasteiger partial charge is 0.302 e. The Morgan fingerprint density at radius 2 is 1.68 bits per heavy atom. The van der Waals surface area contributed by atoms with E-state index in [1.165, 1.54) is 32.1 Å². The van der Waals surface area contributed by atoms with E-state index < -0.39 is 0 Å². The van der Waals surface area contributed by atoms with Crippen molar-refractivity contribution in [2.45, 2.75) is 83.1 Å². The molecule has 0 aromatic carbocycles. The van der Waals surface area contributed by atoms with Crippen LogP contribution in [0.2, 0.25) is 0 Å². The number of esters is 1. The predicted octanol–water partition coefficient (Wildman–Crippen LogP) is 4.90. The number of rotatable bonds is 1. The minimum absolute atomic E-state index is 0.0675. The summed E-state index contributed by atoms with van der Waals surface area (Å²) in [5.74, 6) is 2.95. The summed E-state index contributed by atoms with van der Waals surface area (Å²) in [6.07, 6.45) is 8.96. The fourth-order valence-corrected chi connectivity index (χ4v) is 8.53. The molecule has 0 spiro atoms. The fraction of sp³-hybridized carbons (Fsp3) is 0.905. The molecule has 0 aromatic heterocycles. The van der Waals surface area contributed by atoms with Crippen molar-refractivity contribution in [3.8, 4) is 0 Å². The molecule has 0 saturated heterocycles. The van der Waals surface area contributed by atoms with Crippen LogP contribution in [-0.4, -0.2) is 22.7 Å². The maximum atomic E-state index is 12.2. The minimum Gasteiger partial charge on any atom is -0.462 e. The number of carbonyl (C=O) groups excluding carboxylic acids is 2. The largest absolute Gasteiger partial charge is 0.462 e. The predicted molar refractivity (Wildman–Crippen MR) is 100 cm³/mol. The van der Waals surface area contributed by atoms with E-state index in [1.807, 2.05) is 0 Å². The van der Waals surface area contributed by atoms with Crippen LogP contribution in [0.15, 0.2) is 0 Å². The Hall–Kier alpha value is -0.380. The second-order valence-corrected chi connectivity index (χ2v) is 10.6. The number of fused-ring (bicyclic) bond motifs is 5. The molecule has 4 aliphatic carbocycles. The number of ether oxygens (including phenoxy) is 1. The van der Waals surface area contributed by atoms with Gasteiger partial charge in [-0.2, -0.15) is 0 Å². The zero-order chi connectivity index (χ0) is 18.0. The van der Waals surface area contributed by atoms with E-state index in [2.05, 4.69) is 29.8 Å². The number of carbonyl (C=O) groups is 2. The van der Waals surface area contributed by atoms with Gasteiger partial charge in [-0.15, -0.1) is 0 Å². The molecule has 0 amide bonds. The minimum atomic E-state index is -0.127. The molecule has 4 fully saturated rings. The molecule has 8 atom stereocenters. The lowest BCUT2D eigenvalue weighted by atomic mass is 9.45. The van der Waals surface area contributed by atoms with E-state index >= 15 is 0 Å². The van der Waals surface area contributed by atoms with Crippen LogP contribution in [0.5, 0.6) is 0 Å². The molecule has 4 heteroatoms. The zero-order valence-electron chi connectivity index (χ0n) is 15.7. The normalized spacial score (nSPS) is 52.1. The van der Waals surface area contributed by atoms with Crippen molar-refractivity contribution in [3.63, 3.8) is 0 Å². The van der Waals surface area contributed by atoms with Gasteiger partial charge < -0.3 is 4.74 Å². The first-order valence-electron chi connectivity index (χ1n) is 10.1. The Kier molecular flexibility index (Phi) is 4.37. The SMILES string of the molecule is CC(=O)OC1CCC2C3CCC4C(Br)C(=O)CCC4(C)C3CCC12C. The molecule has 0 radical (unpaired) electrons. The number of hydrogen-bond donors (Lipinski definition) is 0. The Labute approximate surface area is 159 Å². The van der Waals surface area contributed by atoms with Crippen LogP contribution in [0.25, 0.3) is 0 Å². The van der Waals surface area contributed by atoms with Crippen molar-refractivity contribution in [2.24, 2.45) is 34.5 Å². The average molecular weight is 411 g/mol. The molecule has 0 bridgehead atoms. The number of alkyl halides is 1. The molecule has 25 heavy (non-hydrogen) atoms. The molecule has 0 aromatic rings. The summed E-state index contributed by atoms with van der Waals surface area (Å²) in [7, 11) is 0. The van der Waals surface area contributed by atoms with Crippen LogP contribution in [-0.2, 0) is 14.3 Å². The molecule has 8 unspecified atom stereocenters. The van der Waals surface area contributed by atoms with Gasteiger partial charge in [-0.25, -0.2) is 0 Å². The van der Waals surface area contributed by atoms with Gasteiger partial charge in [0.15, 0.2) is 0 Å². The number of ketones is 1. The summed E-state index contributed by atoms with van der Waals surface area (Å²) in [6.45, 7) is 6.39. The monoisotopic (exact) mass is 410 g/mol. The van der Waals surface area contributed by atoms with Gasteiger partial charge in [-0.1, -0.05) is 29.8 Å². The summed E-state index contributed by atoms with van der Waals surface area (Å²) in [4.78, 5) is 23.8. The molecule has 0 aliphatic heterocycles. The number of Topliss-reactive ketones (excluding diaryl/α,β-unsaturated/α-hetero) is 1. The first kappa shape index (κ1) is 18.0. The maximum Gasteiger partial charge on any atom is 0.302 e. The molecule has 4 aliphatic rings. The standard InChI is InChI=1S/C21H31BrO3/c1-12(23)25-18-7-6-14-13-4-5-16-19(22)17(24)9-11-20(16,2)15(13)8-10-21(14,18)3/h13-16,18-19H,4-11H2,1-3H3. The highest BCUT2D eigenvalue weighted by Gasteiger charge is 2.62. The summed E-state index contributed by atoms with van der Waals surface area (Å²) in [5, 5.41) is 0. The summed E-state index contributed by atoms with van der Waals surface area (Å²) >= 11 is 3.74. The first-order valence-corrected chi connectivity index (χ1v) is 11.0. The molecule has 0 heterocycles. The van der Waals surface area contributed by atoms with Gasteiger partial charge >= 0.3 is 5.97 Å². The molecular formula is C21H31BrO3. The van der Waals surface area contributed by atoms with Crippen molar-refractivity contribution in [2.75, 3.05) is 0 Å². The average Bonchev–Trinajstić information content (AvgIpc) is 2.88. The third-order valence-corrected chi connectivity index (χ3v) is 9.88. The summed E-state index contributed by atoms with van der Waals surface area (Å²) in [5.41, 5.74) is 0.458. The maximum absolute atomic E-state index is 12.2. The van der Waals surface area contributed by atoms with E-state index in [9.17, 15) is 9.59 Å². The second kappa shape index (κ2) is 6.07. The summed E-state index contributed by atoms with van der Waals surface area (Å²) < 4.78 is 5.74. The topological polar surface area (TPSA) is 43.4 Å². The van der Waals surface area contributed by atoms with Crippen molar-refractivity contribution in [1.82, 2.24) is 0 Å². The van der Waals surface area contributed by atoms with E-state index in [0.29, 0.717) is 23.0 Å².